The van der Waals surface area contributed by atoms with E-state index in [9.17, 15) is 9.59 Å². The van der Waals surface area contributed by atoms with Gasteiger partial charge in [-0.3, -0.25) is 14.3 Å². The Labute approximate surface area is 179 Å². The van der Waals surface area contributed by atoms with E-state index in [4.69, 9.17) is 0 Å². The van der Waals surface area contributed by atoms with Gasteiger partial charge < -0.3 is 14.8 Å². The van der Waals surface area contributed by atoms with Crippen molar-refractivity contribution in [2.24, 2.45) is 13.0 Å². The van der Waals surface area contributed by atoms with Crippen molar-refractivity contribution in [3.8, 4) is 0 Å². The molecule has 2 bridgehead atoms. The van der Waals surface area contributed by atoms with Gasteiger partial charge in [-0.15, -0.1) is 0 Å². The fraction of sp³-hybridized carbons (Fsp3) is 0.409. The first-order valence-electron chi connectivity index (χ1n) is 10.5. The lowest BCUT2D eigenvalue weighted by atomic mass is 9.83. The lowest BCUT2D eigenvalue weighted by Gasteiger charge is -2.42. The third-order valence-electron chi connectivity index (χ3n) is 6.28. The predicted molar refractivity (Wildman–Crippen MR) is 115 cm³/mol. The zero-order chi connectivity index (χ0) is 21.5. The number of aryl methyl sites for hydroxylation is 2. The van der Waals surface area contributed by atoms with Crippen LogP contribution in [0.5, 0.6) is 0 Å². The number of anilines is 1. The molecule has 31 heavy (non-hydrogen) atoms. The molecule has 2 aliphatic heterocycles. The lowest BCUT2D eigenvalue weighted by Crippen LogP contribution is -2.48. The van der Waals surface area contributed by atoms with Crippen LogP contribution >= 0.6 is 0 Å². The summed E-state index contributed by atoms with van der Waals surface area (Å²) in [4.78, 5) is 36.8. The zero-order valence-corrected chi connectivity index (χ0v) is 17.7. The van der Waals surface area contributed by atoms with Gasteiger partial charge in [0.15, 0.2) is 0 Å². The van der Waals surface area contributed by atoms with Gasteiger partial charge >= 0.3 is 0 Å². The molecule has 2 atom stereocenters. The number of hydrogen-bond acceptors (Lipinski definition) is 6. The van der Waals surface area contributed by atoms with E-state index in [1.807, 2.05) is 32.2 Å². The number of piperidine rings is 1. The minimum atomic E-state index is -0.362. The molecule has 5 heterocycles. The van der Waals surface area contributed by atoms with E-state index in [1.165, 1.54) is 0 Å². The number of hydrogen-bond donors (Lipinski definition) is 1. The highest BCUT2D eigenvalue weighted by Crippen LogP contribution is 2.36. The monoisotopic (exact) mass is 419 g/mol. The summed E-state index contributed by atoms with van der Waals surface area (Å²) in [6.45, 7) is 4.43. The van der Waals surface area contributed by atoms with Crippen molar-refractivity contribution in [3.05, 3.63) is 69.7 Å². The molecule has 0 aromatic carbocycles. The first-order chi connectivity index (χ1) is 15.0. The van der Waals surface area contributed by atoms with Crippen LogP contribution in [0.3, 0.4) is 0 Å². The summed E-state index contributed by atoms with van der Waals surface area (Å²) in [6.07, 6.45) is 4.54. The van der Waals surface area contributed by atoms with Crippen molar-refractivity contribution in [2.75, 3.05) is 18.0 Å². The first-order valence-corrected chi connectivity index (χ1v) is 10.5. The van der Waals surface area contributed by atoms with Crippen LogP contribution in [0, 0.1) is 12.8 Å². The zero-order valence-electron chi connectivity index (χ0n) is 17.7. The third-order valence-corrected chi connectivity index (χ3v) is 6.28. The molecule has 0 saturated carbocycles. The van der Waals surface area contributed by atoms with Gasteiger partial charge in [0.1, 0.15) is 5.56 Å². The second-order valence-corrected chi connectivity index (χ2v) is 8.42. The highest BCUT2D eigenvalue weighted by atomic mass is 16.2. The Morgan fingerprint density at radius 2 is 2.00 bits per heavy atom. The average molecular weight is 419 g/mol. The second-order valence-electron chi connectivity index (χ2n) is 8.42. The fourth-order valence-corrected chi connectivity index (χ4v) is 4.72. The number of carbonyl (C=O) groups excluding carboxylic acids is 1. The molecule has 0 aliphatic carbocycles. The van der Waals surface area contributed by atoms with Crippen molar-refractivity contribution >= 4 is 11.9 Å². The average Bonchev–Trinajstić information content (AvgIpc) is 3.10. The van der Waals surface area contributed by atoms with E-state index >= 15 is 0 Å². The van der Waals surface area contributed by atoms with Crippen LogP contribution in [0.4, 0.5) is 5.95 Å². The Kier molecular flexibility index (Phi) is 4.80. The molecule has 0 radical (unpaired) electrons. The predicted octanol–water partition coefficient (Wildman–Crippen LogP) is 1.23. The van der Waals surface area contributed by atoms with Crippen molar-refractivity contribution < 1.29 is 4.79 Å². The highest BCUT2D eigenvalue weighted by Gasteiger charge is 2.36. The smallest absolute Gasteiger partial charge is 0.263 e. The molecule has 9 heteroatoms. The van der Waals surface area contributed by atoms with Gasteiger partial charge in [-0.25, -0.2) is 9.97 Å². The summed E-state index contributed by atoms with van der Waals surface area (Å²) in [5.74, 6) is 0.910. The molecule has 3 aromatic rings. The summed E-state index contributed by atoms with van der Waals surface area (Å²) < 4.78 is 3.56. The molecule has 1 N–H and O–H groups in total. The molecular formula is C22H25N7O2. The number of carbonyl (C=O) groups is 1. The Hall–Kier alpha value is -3.49. The largest absolute Gasteiger partial charge is 0.346 e. The number of amides is 1. The van der Waals surface area contributed by atoms with E-state index in [0.717, 1.165) is 42.5 Å². The van der Waals surface area contributed by atoms with Crippen LogP contribution in [-0.4, -0.2) is 43.3 Å². The number of nitrogens with one attached hydrogen (secondary N) is 1. The number of fused-ring (bicyclic) bond motifs is 4. The maximum absolute atomic E-state index is 13.2. The first kappa shape index (κ1) is 19.5. The second kappa shape index (κ2) is 7.64. The van der Waals surface area contributed by atoms with E-state index in [2.05, 4.69) is 25.3 Å². The molecule has 3 aromatic heterocycles. The Balaban J connectivity index is 1.35. The van der Waals surface area contributed by atoms with Gasteiger partial charge in [0.05, 0.1) is 12.2 Å². The van der Waals surface area contributed by atoms with E-state index < -0.39 is 0 Å². The van der Waals surface area contributed by atoms with E-state index in [-0.39, 0.29) is 22.9 Å². The highest BCUT2D eigenvalue weighted by molar-refractivity contribution is 5.93. The van der Waals surface area contributed by atoms with E-state index in [0.29, 0.717) is 19.0 Å². The molecular weight excluding hydrogens is 394 g/mol. The standard InChI is InChI=1S/C22H25N7O2/c1-14-8-17(26-27(14)2)10-25-20(30)18-4-5-19-16-9-15(12-29(19)21(18)31)11-28(13-16)22-23-6-3-7-24-22/h3-8,15-16H,9-13H2,1-2H3,(H,25,30)/t15-,16+/m0/s1. The van der Waals surface area contributed by atoms with Crippen molar-refractivity contribution in [1.29, 1.82) is 0 Å². The molecule has 160 valence electrons. The molecule has 1 saturated heterocycles. The van der Waals surface area contributed by atoms with Crippen LogP contribution in [0.25, 0.3) is 0 Å². The molecule has 5 rings (SSSR count). The lowest BCUT2D eigenvalue weighted by molar-refractivity contribution is 0.0947. The van der Waals surface area contributed by atoms with Crippen LogP contribution in [0.15, 0.2) is 41.5 Å². The van der Waals surface area contributed by atoms with Crippen LogP contribution < -0.4 is 15.8 Å². The van der Waals surface area contributed by atoms with Crippen molar-refractivity contribution in [1.82, 2.24) is 29.6 Å². The van der Waals surface area contributed by atoms with Gasteiger partial charge in [-0.1, -0.05) is 0 Å². The number of nitrogens with zero attached hydrogens (tertiary/aromatic N) is 6. The molecule has 2 aliphatic rings. The molecule has 0 unspecified atom stereocenters. The van der Waals surface area contributed by atoms with Gasteiger partial charge in [0.25, 0.3) is 11.5 Å². The van der Waals surface area contributed by atoms with Crippen molar-refractivity contribution in [2.45, 2.75) is 32.4 Å². The van der Waals surface area contributed by atoms with Gasteiger partial charge in [0.2, 0.25) is 5.95 Å². The maximum atomic E-state index is 13.2. The summed E-state index contributed by atoms with van der Waals surface area (Å²) in [5.41, 5.74) is 2.73. The normalized spacial score (nSPS) is 19.7. The Morgan fingerprint density at radius 3 is 2.74 bits per heavy atom. The van der Waals surface area contributed by atoms with Crippen LogP contribution in [-0.2, 0) is 20.1 Å². The van der Waals surface area contributed by atoms with Gasteiger partial charge in [0, 0.05) is 56.4 Å². The minimum Gasteiger partial charge on any atom is -0.346 e. The minimum absolute atomic E-state index is 0.180. The van der Waals surface area contributed by atoms with Crippen LogP contribution in [0.1, 0.15) is 39.8 Å². The molecule has 0 spiro atoms. The summed E-state index contributed by atoms with van der Waals surface area (Å²) >= 11 is 0. The van der Waals surface area contributed by atoms with E-state index in [1.54, 1.807) is 27.7 Å². The summed E-state index contributed by atoms with van der Waals surface area (Å²) in [5, 5.41) is 7.17. The Bertz CT molecular complexity index is 1160. The summed E-state index contributed by atoms with van der Waals surface area (Å²) in [7, 11) is 1.86. The maximum Gasteiger partial charge on any atom is 0.263 e. The Morgan fingerprint density at radius 1 is 1.19 bits per heavy atom. The number of pyridine rings is 1. The number of rotatable bonds is 4. The number of aromatic nitrogens is 5. The quantitative estimate of drug-likeness (QED) is 0.683. The molecule has 1 fully saturated rings. The third kappa shape index (κ3) is 3.60. The molecule has 1 amide bonds. The van der Waals surface area contributed by atoms with Crippen molar-refractivity contribution in [3.63, 3.8) is 0 Å². The fourth-order valence-electron chi connectivity index (χ4n) is 4.72. The van der Waals surface area contributed by atoms with Gasteiger partial charge in [-0.05, 0) is 43.5 Å². The SMILES string of the molecule is Cc1cc(CNC(=O)c2ccc3n(c2=O)C[C@H]2C[C@@H]3CN(c3ncccn3)C2)nn1C. The molecule has 9 nitrogen and oxygen atoms in total. The topological polar surface area (TPSA) is 97.9 Å². The van der Waals surface area contributed by atoms with Crippen LogP contribution in [0.2, 0.25) is 0 Å². The summed E-state index contributed by atoms with van der Waals surface area (Å²) in [6, 6.07) is 7.32. The van der Waals surface area contributed by atoms with Gasteiger partial charge in [-0.2, -0.15) is 5.10 Å².